The number of fused-ring (bicyclic) bond motifs is 2. The van der Waals surface area contributed by atoms with Gasteiger partial charge in [0.25, 0.3) is 0 Å². The Morgan fingerprint density at radius 3 is 3.09 bits per heavy atom. The first-order valence-corrected chi connectivity index (χ1v) is 7.22. The number of benzene rings is 2. The van der Waals surface area contributed by atoms with Crippen molar-refractivity contribution in [2.45, 2.75) is 13.2 Å². The Hall–Kier alpha value is -2.24. The zero-order valence-electron chi connectivity index (χ0n) is 11.9. The van der Waals surface area contributed by atoms with Crippen LogP contribution in [0.15, 0.2) is 36.7 Å². The smallest absolute Gasteiger partial charge is 0.172 e. The lowest BCUT2D eigenvalue weighted by Crippen LogP contribution is -1.99. The second-order valence-corrected chi connectivity index (χ2v) is 5.53. The number of hydrogen-bond donors (Lipinski definition) is 0. The number of nitrogens with zero attached hydrogens (tertiary/aromatic N) is 2. The van der Waals surface area contributed by atoms with Gasteiger partial charge in [-0.15, -0.1) is 0 Å². The van der Waals surface area contributed by atoms with Gasteiger partial charge in [0, 0.05) is 22.7 Å². The summed E-state index contributed by atoms with van der Waals surface area (Å²) in [6, 6.07) is 9.61. The van der Waals surface area contributed by atoms with Crippen molar-refractivity contribution in [1.82, 2.24) is 9.55 Å². The molecule has 0 radical (unpaired) electrons. The summed E-state index contributed by atoms with van der Waals surface area (Å²) in [5, 5.41) is 0.647. The number of rotatable bonds is 3. The topological polar surface area (TPSA) is 45.5 Å². The van der Waals surface area contributed by atoms with Crippen LogP contribution in [-0.4, -0.2) is 16.7 Å². The van der Waals surface area contributed by atoms with Crippen LogP contribution in [-0.2, 0) is 18.0 Å². The van der Waals surface area contributed by atoms with Crippen molar-refractivity contribution in [1.29, 1.82) is 0 Å². The van der Waals surface area contributed by atoms with Crippen molar-refractivity contribution in [2.24, 2.45) is 0 Å². The second-order valence-electron chi connectivity index (χ2n) is 5.12. The van der Waals surface area contributed by atoms with Crippen LogP contribution in [0.2, 0.25) is 5.02 Å². The molecule has 5 nitrogen and oxygen atoms in total. The van der Waals surface area contributed by atoms with Crippen molar-refractivity contribution < 1.29 is 14.5 Å². The summed E-state index contributed by atoms with van der Waals surface area (Å²) in [6.45, 7) is 1.06. The molecule has 22 heavy (non-hydrogen) atoms. The van der Waals surface area contributed by atoms with Gasteiger partial charge in [0.05, 0.1) is 31.0 Å². The van der Waals surface area contributed by atoms with Crippen LogP contribution >= 0.6 is 11.6 Å². The second kappa shape index (κ2) is 5.19. The Labute approximate surface area is 131 Å². The third-order valence-electron chi connectivity index (χ3n) is 3.76. The highest BCUT2D eigenvalue weighted by Crippen LogP contribution is 2.33. The predicted molar refractivity (Wildman–Crippen MR) is 82.3 cm³/mol. The minimum absolute atomic E-state index is 0.442. The fourth-order valence-corrected chi connectivity index (χ4v) is 2.81. The Morgan fingerprint density at radius 1 is 1.32 bits per heavy atom. The molecule has 0 saturated heterocycles. The Morgan fingerprint density at radius 2 is 2.23 bits per heavy atom. The lowest BCUT2D eigenvalue weighted by molar-refractivity contribution is -0.194. The summed E-state index contributed by atoms with van der Waals surface area (Å²) in [4.78, 5) is 14.4. The molecule has 0 N–H and O–H groups in total. The summed E-state index contributed by atoms with van der Waals surface area (Å²) < 4.78 is 7.32. The molecule has 112 valence electrons. The van der Waals surface area contributed by atoms with Crippen LogP contribution in [0.1, 0.15) is 11.1 Å². The van der Waals surface area contributed by atoms with Gasteiger partial charge >= 0.3 is 0 Å². The molecular formula is C16H13ClN2O3. The average Bonchev–Trinajstić information content (AvgIpc) is 3.14. The van der Waals surface area contributed by atoms with Gasteiger partial charge in [-0.3, -0.25) is 0 Å². The Kier molecular flexibility index (Phi) is 3.17. The molecule has 1 aliphatic rings. The lowest BCUT2D eigenvalue weighted by atomic mass is 10.1. The summed E-state index contributed by atoms with van der Waals surface area (Å²) in [5.41, 5.74) is 3.92. The fourth-order valence-electron chi connectivity index (χ4n) is 2.59. The van der Waals surface area contributed by atoms with Crippen molar-refractivity contribution in [2.75, 3.05) is 7.11 Å². The number of ether oxygens (including phenoxy) is 1. The van der Waals surface area contributed by atoms with E-state index in [0.29, 0.717) is 23.9 Å². The number of aromatic nitrogens is 2. The number of imidazole rings is 1. The molecule has 0 saturated carbocycles. The van der Waals surface area contributed by atoms with Crippen molar-refractivity contribution in [3.05, 3.63) is 52.8 Å². The van der Waals surface area contributed by atoms with Gasteiger partial charge in [0.15, 0.2) is 5.75 Å². The van der Waals surface area contributed by atoms with E-state index in [2.05, 4.69) is 4.98 Å². The molecule has 3 aromatic rings. The average molecular weight is 317 g/mol. The van der Waals surface area contributed by atoms with Gasteiger partial charge in [0.2, 0.25) is 0 Å². The maximum absolute atomic E-state index is 6.34. The molecule has 1 aromatic heterocycles. The molecule has 2 aromatic carbocycles. The quantitative estimate of drug-likeness (QED) is 0.693. The lowest BCUT2D eigenvalue weighted by Gasteiger charge is -2.09. The zero-order valence-corrected chi connectivity index (χ0v) is 12.6. The minimum Gasteiger partial charge on any atom is -0.497 e. The normalized spacial score (nSPS) is 13.2. The highest BCUT2D eigenvalue weighted by atomic mass is 35.5. The molecule has 4 rings (SSSR count). The van der Waals surface area contributed by atoms with Crippen molar-refractivity contribution in [3.8, 4) is 11.5 Å². The van der Waals surface area contributed by atoms with E-state index in [1.54, 1.807) is 19.5 Å². The van der Waals surface area contributed by atoms with Crippen LogP contribution < -0.4 is 9.62 Å². The number of hydrogen-bond acceptors (Lipinski definition) is 4. The van der Waals surface area contributed by atoms with E-state index in [1.807, 2.05) is 28.8 Å². The predicted octanol–water partition coefficient (Wildman–Crippen LogP) is 3.57. The molecule has 1 aliphatic heterocycles. The van der Waals surface area contributed by atoms with Crippen LogP contribution in [0.5, 0.6) is 11.5 Å². The molecule has 0 unspecified atom stereocenters. The maximum atomic E-state index is 6.34. The van der Waals surface area contributed by atoms with Gasteiger partial charge < -0.3 is 14.2 Å². The van der Waals surface area contributed by atoms with Crippen LogP contribution in [0.25, 0.3) is 11.0 Å². The number of methoxy groups -OCH3 is 1. The maximum Gasteiger partial charge on any atom is 0.172 e. The number of halogens is 1. The van der Waals surface area contributed by atoms with E-state index in [-0.39, 0.29) is 0 Å². The third-order valence-corrected chi connectivity index (χ3v) is 4.11. The van der Waals surface area contributed by atoms with Gasteiger partial charge in [-0.2, -0.15) is 4.89 Å². The molecule has 0 spiro atoms. The van der Waals surface area contributed by atoms with E-state index >= 15 is 0 Å². The molecule has 6 heteroatoms. The highest BCUT2D eigenvalue weighted by molar-refractivity contribution is 6.31. The first-order chi connectivity index (χ1) is 10.7. The van der Waals surface area contributed by atoms with Crippen molar-refractivity contribution in [3.63, 3.8) is 0 Å². The standard InChI is InChI=1S/C16H13ClN2O3/c1-20-12-2-3-14-15(5-12)19(9-18-14)7-10-4-11-8-21-22-16(11)6-13(10)17/h2-6,9H,7-8H2,1H3. The van der Waals surface area contributed by atoms with Gasteiger partial charge in [-0.25, -0.2) is 4.98 Å². The summed E-state index contributed by atoms with van der Waals surface area (Å²) in [7, 11) is 1.65. The summed E-state index contributed by atoms with van der Waals surface area (Å²) >= 11 is 6.34. The minimum atomic E-state index is 0.442. The molecule has 0 bridgehead atoms. The first kappa shape index (κ1) is 13.4. The third kappa shape index (κ3) is 2.19. The zero-order chi connectivity index (χ0) is 15.1. The van der Waals surface area contributed by atoms with E-state index < -0.39 is 0 Å². The monoisotopic (exact) mass is 316 g/mol. The molecule has 2 heterocycles. The van der Waals surface area contributed by atoms with Gasteiger partial charge in [0.1, 0.15) is 12.4 Å². The SMILES string of the molecule is COc1ccc2ncn(Cc3cc4c(cc3Cl)OOC4)c2c1. The van der Waals surface area contributed by atoms with Gasteiger partial charge in [-0.1, -0.05) is 11.6 Å². The van der Waals surface area contributed by atoms with E-state index in [4.69, 9.17) is 26.1 Å². The Bertz CT molecular complexity index is 860. The molecule has 0 fully saturated rings. The summed E-state index contributed by atoms with van der Waals surface area (Å²) in [5.74, 6) is 1.49. The van der Waals surface area contributed by atoms with Crippen LogP contribution in [0.3, 0.4) is 0 Å². The molecular weight excluding hydrogens is 304 g/mol. The molecule has 0 amide bonds. The van der Waals surface area contributed by atoms with E-state index in [9.17, 15) is 0 Å². The largest absolute Gasteiger partial charge is 0.497 e. The van der Waals surface area contributed by atoms with E-state index in [0.717, 1.165) is 27.9 Å². The van der Waals surface area contributed by atoms with E-state index in [1.165, 1.54) is 0 Å². The fraction of sp³-hybridized carbons (Fsp3) is 0.188. The van der Waals surface area contributed by atoms with Gasteiger partial charge in [-0.05, 0) is 23.8 Å². The Balaban J connectivity index is 1.74. The van der Waals surface area contributed by atoms with Crippen molar-refractivity contribution >= 4 is 22.6 Å². The summed E-state index contributed by atoms with van der Waals surface area (Å²) in [6.07, 6.45) is 1.81. The molecule has 0 atom stereocenters. The van der Waals surface area contributed by atoms with Crippen LogP contribution in [0.4, 0.5) is 0 Å². The highest BCUT2D eigenvalue weighted by Gasteiger charge is 2.17. The van der Waals surface area contributed by atoms with Crippen LogP contribution in [0, 0.1) is 0 Å². The first-order valence-electron chi connectivity index (χ1n) is 6.84. The molecule has 0 aliphatic carbocycles.